The molecule has 0 aliphatic rings. The Morgan fingerprint density at radius 2 is 1.62 bits per heavy atom. The maximum absolute atomic E-state index is 12.3. The molecule has 0 aliphatic carbocycles. The molecule has 6 nitrogen and oxygen atoms in total. The Morgan fingerprint density at radius 3 is 2.17 bits per heavy atom. The van der Waals surface area contributed by atoms with Crippen LogP contribution in [-0.4, -0.2) is 26.0 Å². The van der Waals surface area contributed by atoms with Crippen LogP contribution in [0, 0.1) is 0 Å². The third kappa shape index (κ3) is 3.84. The third-order valence-electron chi connectivity index (χ3n) is 3.69. The van der Waals surface area contributed by atoms with E-state index < -0.39 is 5.91 Å². The van der Waals surface area contributed by atoms with Gasteiger partial charge in [-0.1, -0.05) is 0 Å². The molecule has 0 radical (unpaired) electrons. The number of benzene rings is 2. The van der Waals surface area contributed by atoms with Crippen molar-refractivity contribution in [2.75, 3.05) is 14.2 Å². The average Bonchev–Trinajstić information content (AvgIpc) is 2.60. The molecule has 6 heteroatoms. The van der Waals surface area contributed by atoms with Gasteiger partial charge in [-0.05, 0) is 43.3 Å². The molecule has 2 amide bonds. The van der Waals surface area contributed by atoms with Crippen molar-refractivity contribution in [2.45, 2.75) is 13.0 Å². The number of carbonyl (C=O) groups is 2. The molecule has 0 saturated heterocycles. The number of nitrogens with one attached hydrogen (secondary N) is 1. The molecular weight excluding hydrogens is 308 g/mol. The Balaban J connectivity index is 2.15. The van der Waals surface area contributed by atoms with Crippen LogP contribution in [-0.2, 0) is 0 Å². The predicted molar refractivity (Wildman–Crippen MR) is 90.4 cm³/mol. The number of carbonyl (C=O) groups excluding carboxylic acids is 2. The van der Waals surface area contributed by atoms with Crippen LogP contribution in [0.3, 0.4) is 0 Å². The van der Waals surface area contributed by atoms with E-state index in [9.17, 15) is 9.59 Å². The zero-order valence-electron chi connectivity index (χ0n) is 13.8. The molecule has 0 heterocycles. The van der Waals surface area contributed by atoms with Crippen molar-refractivity contribution in [1.29, 1.82) is 0 Å². The number of ether oxygens (including phenoxy) is 2. The normalized spacial score (nSPS) is 11.5. The lowest BCUT2D eigenvalue weighted by molar-refractivity contribution is 0.0937. The summed E-state index contributed by atoms with van der Waals surface area (Å²) in [5, 5.41) is 2.90. The summed E-state index contributed by atoms with van der Waals surface area (Å²) in [6.45, 7) is 1.86. The number of hydrogen-bond acceptors (Lipinski definition) is 4. The molecule has 2 aromatic rings. The van der Waals surface area contributed by atoms with Gasteiger partial charge >= 0.3 is 0 Å². The van der Waals surface area contributed by atoms with E-state index in [0.29, 0.717) is 22.6 Å². The molecule has 1 atom stereocenters. The van der Waals surface area contributed by atoms with Crippen molar-refractivity contribution < 1.29 is 19.1 Å². The standard InChI is InChI=1S/C18H20N2O4/c1-11(15-9-8-14(23-2)10-16(15)24-3)20-18(22)13-6-4-12(5-7-13)17(19)21/h4-11H,1-3H3,(H2,19,21)(H,20,22). The number of rotatable bonds is 6. The highest BCUT2D eigenvalue weighted by Gasteiger charge is 2.16. The Morgan fingerprint density at radius 1 is 1.00 bits per heavy atom. The largest absolute Gasteiger partial charge is 0.497 e. The minimum Gasteiger partial charge on any atom is -0.497 e. The van der Waals surface area contributed by atoms with E-state index in [-0.39, 0.29) is 11.9 Å². The Labute approximate surface area is 140 Å². The molecule has 126 valence electrons. The van der Waals surface area contributed by atoms with Gasteiger partial charge in [0.2, 0.25) is 5.91 Å². The van der Waals surface area contributed by atoms with Gasteiger partial charge in [-0.15, -0.1) is 0 Å². The van der Waals surface area contributed by atoms with Gasteiger partial charge in [-0.2, -0.15) is 0 Å². The van der Waals surface area contributed by atoms with Crippen LogP contribution in [0.4, 0.5) is 0 Å². The SMILES string of the molecule is COc1ccc(C(C)NC(=O)c2ccc(C(N)=O)cc2)c(OC)c1. The number of hydrogen-bond donors (Lipinski definition) is 2. The highest BCUT2D eigenvalue weighted by molar-refractivity contribution is 5.97. The topological polar surface area (TPSA) is 90.6 Å². The van der Waals surface area contributed by atoms with E-state index in [1.807, 2.05) is 19.1 Å². The maximum atomic E-state index is 12.3. The van der Waals surface area contributed by atoms with Gasteiger partial charge in [0, 0.05) is 22.8 Å². The van der Waals surface area contributed by atoms with Crippen molar-refractivity contribution in [1.82, 2.24) is 5.32 Å². The second kappa shape index (κ2) is 7.50. The Hall–Kier alpha value is -3.02. The molecule has 0 bridgehead atoms. The minimum atomic E-state index is -0.529. The van der Waals surface area contributed by atoms with E-state index >= 15 is 0 Å². The van der Waals surface area contributed by atoms with Crippen molar-refractivity contribution >= 4 is 11.8 Å². The maximum Gasteiger partial charge on any atom is 0.251 e. The summed E-state index contributed by atoms with van der Waals surface area (Å²) in [4.78, 5) is 23.4. The quantitative estimate of drug-likeness (QED) is 0.851. The first-order chi connectivity index (χ1) is 11.5. The monoisotopic (exact) mass is 328 g/mol. The van der Waals surface area contributed by atoms with Crippen LogP contribution < -0.4 is 20.5 Å². The molecule has 24 heavy (non-hydrogen) atoms. The van der Waals surface area contributed by atoms with Crippen LogP contribution in [0.1, 0.15) is 39.2 Å². The first kappa shape index (κ1) is 17.3. The molecule has 3 N–H and O–H groups in total. The van der Waals surface area contributed by atoms with E-state index in [4.69, 9.17) is 15.2 Å². The number of methoxy groups -OCH3 is 2. The number of amides is 2. The van der Waals surface area contributed by atoms with Gasteiger partial charge in [-0.25, -0.2) is 0 Å². The predicted octanol–water partition coefficient (Wildman–Crippen LogP) is 2.29. The summed E-state index contributed by atoms with van der Waals surface area (Å²) >= 11 is 0. The van der Waals surface area contributed by atoms with Crippen LogP contribution in [0.25, 0.3) is 0 Å². The van der Waals surface area contributed by atoms with Crippen LogP contribution in [0.15, 0.2) is 42.5 Å². The third-order valence-corrected chi connectivity index (χ3v) is 3.69. The van der Waals surface area contributed by atoms with Gasteiger partial charge in [-0.3, -0.25) is 9.59 Å². The van der Waals surface area contributed by atoms with E-state index in [1.165, 1.54) is 12.1 Å². The van der Waals surface area contributed by atoms with Crippen molar-refractivity contribution in [2.24, 2.45) is 5.73 Å². The van der Waals surface area contributed by atoms with Gasteiger partial charge in [0.15, 0.2) is 0 Å². The van der Waals surface area contributed by atoms with Crippen molar-refractivity contribution in [3.05, 3.63) is 59.2 Å². The fourth-order valence-corrected chi connectivity index (χ4v) is 2.32. The molecule has 0 aromatic heterocycles. The lowest BCUT2D eigenvalue weighted by Crippen LogP contribution is -2.27. The summed E-state index contributed by atoms with van der Waals surface area (Å²) < 4.78 is 10.5. The molecule has 0 aliphatic heterocycles. The summed E-state index contributed by atoms with van der Waals surface area (Å²) in [6, 6.07) is 11.3. The summed E-state index contributed by atoms with van der Waals surface area (Å²) in [7, 11) is 3.14. The van der Waals surface area contributed by atoms with Crippen molar-refractivity contribution in [3.8, 4) is 11.5 Å². The minimum absolute atomic E-state index is 0.253. The van der Waals surface area contributed by atoms with Crippen LogP contribution >= 0.6 is 0 Å². The molecule has 0 saturated carbocycles. The van der Waals surface area contributed by atoms with E-state index in [1.54, 1.807) is 32.4 Å². The zero-order valence-corrected chi connectivity index (χ0v) is 13.8. The highest BCUT2D eigenvalue weighted by atomic mass is 16.5. The molecule has 0 spiro atoms. The van der Waals surface area contributed by atoms with Gasteiger partial charge < -0.3 is 20.5 Å². The van der Waals surface area contributed by atoms with E-state index in [2.05, 4.69) is 5.32 Å². The summed E-state index contributed by atoms with van der Waals surface area (Å²) in [6.07, 6.45) is 0. The fourth-order valence-electron chi connectivity index (χ4n) is 2.32. The average molecular weight is 328 g/mol. The first-order valence-corrected chi connectivity index (χ1v) is 7.39. The van der Waals surface area contributed by atoms with Gasteiger partial charge in [0.1, 0.15) is 11.5 Å². The zero-order chi connectivity index (χ0) is 17.7. The van der Waals surface area contributed by atoms with Crippen molar-refractivity contribution in [3.63, 3.8) is 0 Å². The Kier molecular flexibility index (Phi) is 5.42. The molecule has 2 rings (SSSR count). The Bertz CT molecular complexity index is 741. The van der Waals surface area contributed by atoms with E-state index in [0.717, 1.165) is 5.56 Å². The fraction of sp³-hybridized carbons (Fsp3) is 0.222. The van der Waals surface area contributed by atoms with Crippen LogP contribution in [0.5, 0.6) is 11.5 Å². The van der Waals surface area contributed by atoms with Gasteiger partial charge in [0.05, 0.1) is 20.3 Å². The smallest absolute Gasteiger partial charge is 0.251 e. The number of primary amides is 1. The van der Waals surface area contributed by atoms with Crippen LogP contribution in [0.2, 0.25) is 0 Å². The second-order valence-corrected chi connectivity index (χ2v) is 5.24. The summed E-state index contributed by atoms with van der Waals surface area (Å²) in [5.41, 5.74) is 6.82. The molecule has 0 fully saturated rings. The molecule has 1 unspecified atom stereocenters. The van der Waals surface area contributed by atoms with Gasteiger partial charge in [0.25, 0.3) is 5.91 Å². The molecule has 2 aromatic carbocycles. The first-order valence-electron chi connectivity index (χ1n) is 7.39. The molecular formula is C18H20N2O4. The number of nitrogens with two attached hydrogens (primary N) is 1. The second-order valence-electron chi connectivity index (χ2n) is 5.24. The lowest BCUT2D eigenvalue weighted by atomic mass is 10.1. The highest BCUT2D eigenvalue weighted by Crippen LogP contribution is 2.29. The summed E-state index contributed by atoms with van der Waals surface area (Å²) in [5.74, 6) is 0.525. The lowest BCUT2D eigenvalue weighted by Gasteiger charge is -2.18.